The van der Waals surface area contributed by atoms with Gasteiger partial charge >= 0.3 is 0 Å². The number of nitrogens with two attached hydrogens (primary N) is 1. The summed E-state index contributed by atoms with van der Waals surface area (Å²) in [7, 11) is 0. The Morgan fingerprint density at radius 3 is 2.79 bits per heavy atom. The molecule has 108 valence electrons. The molecule has 2 atom stereocenters. The van der Waals surface area contributed by atoms with Gasteiger partial charge in [-0.1, -0.05) is 6.92 Å². The molecular formula is C14H22ClFN2O. The van der Waals surface area contributed by atoms with E-state index < -0.39 is 0 Å². The van der Waals surface area contributed by atoms with Crippen LogP contribution in [0.15, 0.2) is 18.2 Å². The summed E-state index contributed by atoms with van der Waals surface area (Å²) in [5.41, 5.74) is 6.64. The maximum Gasteiger partial charge on any atom is 0.127 e. The second-order valence-electron chi connectivity index (χ2n) is 5.21. The lowest BCUT2D eigenvalue weighted by molar-refractivity contribution is 0.0989. The van der Waals surface area contributed by atoms with Gasteiger partial charge in [0.15, 0.2) is 0 Å². The highest BCUT2D eigenvalue weighted by Gasteiger charge is 2.27. The Labute approximate surface area is 120 Å². The second-order valence-corrected chi connectivity index (χ2v) is 5.21. The molecule has 0 saturated carbocycles. The fourth-order valence-corrected chi connectivity index (χ4v) is 2.87. The fourth-order valence-electron chi connectivity index (χ4n) is 2.87. The van der Waals surface area contributed by atoms with E-state index >= 15 is 0 Å². The van der Waals surface area contributed by atoms with Crippen LogP contribution >= 0.6 is 12.4 Å². The van der Waals surface area contributed by atoms with Gasteiger partial charge in [0.1, 0.15) is 11.6 Å². The first-order valence-electron chi connectivity index (χ1n) is 6.52. The third kappa shape index (κ3) is 4.06. The van der Waals surface area contributed by atoms with Gasteiger partial charge in [-0.3, -0.25) is 4.90 Å². The predicted molar refractivity (Wildman–Crippen MR) is 77.0 cm³/mol. The van der Waals surface area contributed by atoms with E-state index in [1.54, 1.807) is 6.07 Å². The summed E-state index contributed by atoms with van der Waals surface area (Å²) in [5, 5.41) is 9.42. The molecule has 0 spiro atoms. The van der Waals surface area contributed by atoms with E-state index in [-0.39, 0.29) is 24.0 Å². The van der Waals surface area contributed by atoms with E-state index in [4.69, 9.17) is 5.73 Å². The summed E-state index contributed by atoms with van der Waals surface area (Å²) in [5.74, 6) is 0.171. The Kier molecular flexibility index (Phi) is 6.04. The molecule has 0 aliphatic carbocycles. The van der Waals surface area contributed by atoms with Gasteiger partial charge in [0.2, 0.25) is 0 Å². The molecule has 0 radical (unpaired) electrons. The summed E-state index contributed by atoms with van der Waals surface area (Å²) < 4.78 is 13.2. The molecule has 2 unspecified atom stereocenters. The molecule has 0 aromatic heterocycles. The van der Waals surface area contributed by atoms with E-state index in [2.05, 4.69) is 11.8 Å². The Bertz CT molecular complexity index is 396. The highest BCUT2D eigenvalue weighted by atomic mass is 35.5. The summed E-state index contributed by atoms with van der Waals surface area (Å²) in [4.78, 5) is 2.29. The number of hydrogen-bond acceptors (Lipinski definition) is 3. The van der Waals surface area contributed by atoms with Crippen LogP contribution in [0.3, 0.4) is 0 Å². The normalized spacial score (nSPS) is 23.9. The van der Waals surface area contributed by atoms with E-state index in [1.807, 2.05) is 0 Å². The number of halogens is 2. The standard InChI is InChI=1S/C14H21FN2O.ClH/c1-10-3-2-4-17(14(10)8-16)9-11-5-12(15)7-13(18)6-11;/h5-7,10,14,18H,2-4,8-9,16H2,1H3;1H. The Hall–Kier alpha value is -0.840. The molecule has 3 nitrogen and oxygen atoms in total. The molecule has 1 aromatic rings. The Morgan fingerprint density at radius 1 is 1.42 bits per heavy atom. The van der Waals surface area contributed by atoms with Gasteiger partial charge in [-0.05, 0) is 43.0 Å². The lowest BCUT2D eigenvalue weighted by Crippen LogP contribution is -2.48. The van der Waals surface area contributed by atoms with Crippen LogP contribution in [0.2, 0.25) is 0 Å². The molecule has 0 amide bonds. The van der Waals surface area contributed by atoms with Crippen LogP contribution in [0, 0.1) is 11.7 Å². The van der Waals surface area contributed by atoms with Crippen molar-refractivity contribution in [3.05, 3.63) is 29.6 Å². The monoisotopic (exact) mass is 288 g/mol. The van der Waals surface area contributed by atoms with Gasteiger partial charge in [0.25, 0.3) is 0 Å². The minimum absolute atomic E-state index is 0. The molecule has 1 aliphatic heterocycles. The molecule has 2 rings (SSSR count). The average Bonchev–Trinajstić information content (AvgIpc) is 2.27. The number of likely N-dealkylation sites (tertiary alicyclic amines) is 1. The van der Waals surface area contributed by atoms with Crippen LogP contribution in [-0.2, 0) is 6.54 Å². The molecule has 1 fully saturated rings. The first-order chi connectivity index (χ1) is 8.60. The lowest BCUT2D eigenvalue weighted by Gasteiger charge is -2.39. The van der Waals surface area contributed by atoms with Crippen LogP contribution in [0.25, 0.3) is 0 Å². The SMILES string of the molecule is CC1CCCN(Cc2cc(O)cc(F)c2)C1CN.Cl. The lowest BCUT2D eigenvalue weighted by atomic mass is 9.90. The number of benzene rings is 1. The summed E-state index contributed by atoms with van der Waals surface area (Å²) in [6.07, 6.45) is 2.35. The topological polar surface area (TPSA) is 49.5 Å². The Morgan fingerprint density at radius 2 is 2.16 bits per heavy atom. The van der Waals surface area contributed by atoms with Crippen molar-refractivity contribution in [3.63, 3.8) is 0 Å². The average molecular weight is 289 g/mol. The molecular weight excluding hydrogens is 267 g/mol. The van der Waals surface area contributed by atoms with Crippen LogP contribution in [0.4, 0.5) is 4.39 Å². The number of rotatable bonds is 3. The molecule has 1 aliphatic rings. The largest absolute Gasteiger partial charge is 0.508 e. The number of aromatic hydroxyl groups is 1. The zero-order valence-electron chi connectivity index (χ0n) is 11.2. The quantitative estimate of drug-likeness (QED) is 0.898. The van der Waals surface area contributed by atoms with Crippen LogP contribution in [0.1, 0.15) is 25.3 Å². The minimum Gasteiger partial charge on any atom is -0.508 e. The number of hydrogen-bond donors (Lipinski definition) is 2. The van der Waals surface area contributed by atoms with Gasteiger partial charge in [-0.25, -0.2) is 4.39 Å². The van der Waals surface area contributed by atoms with E-state index in [9.17, 15) is 9.50 Å². The van der Waals surface area contributed by atoms with Gasteiger partial charge in [0.05, 0.1) is 0 Å². The zero-order valence-corrected chi connectivity index (χ0v) is 12.0. The molecule has 3 N–H and O–H groups in total. The second kappa shape index (κ2) is 7.08. The molecule has 1 saturated heterocycles. The number of phenols is 1. The van der Waals surface area contributed by atoms with Crippen molar-refractivity contribution in [2.75, 3.05) is 13.1 Å². The van der Waals surface area contributed by atoms with E-state index in [0.29, 0.717) is 25.0 Å². The predicted octanol–water partition coefficient (Wildman–Crippen LogP) is 2.51. The van der Waals surface area contributed by atoms with Crippen molar-refractivity contribution in [2.45, 2.75) is 32.4 Å². The van der Waals surface area contributed by atoms with E-state index in [1.165, 1.54) is 12.5 Å². The number of piperidine rings is 1. The number of nitrogens with zero attached hydrogens (tertiary/aromatic N) is 1. The van der Waals surface area contributed by atoms with Gasteiger partial charge < -0.3 is 10.8 Å². The van der Waals surface area contributed by atoms with Crippen LogP contribution in [-0.4, -0.2) is 29.1 Å². The van der Waals surface area contributed by atoms with Crippen molar-refractivity contribution in [1.29, 1.82) is 0 Å². The smallest absolute Gasteiger partial charge is 0.127 e. The van der Waals surface area contributed by atoms with Crippen molar-refractivity contribution in [1.82, 2.24) is 4.90 Å². The Balaban J connectivity index is 0.00000180. The zero-order chi connectivity index (χ0) is 13.1. The highest BCUT2D eigenvalue weighted by Crippen LogP contribution is 2.25. The van der Waals surface area contributed by atoms with Crippen molar-refractivity contribution >= 4 is 12.4 Å². The third-order valence-corrected chi connectivity index (χ3v) is 3.80. The van der Waals surface area contributed by atoms with Gasteiger partial charge in [-0.15, -0.1) is 12.4 Å². The van der Waals surface area contributed by atoms with Gasteiger partial charge in [0, 0.05) is 25.2 Å². The molecule has 5 heteroatoms. The summed E-state index contributed by atoms with van der Waals surface area (Å²) in [6, 6.07) is 4.58. The number of phenolic OH excluding ortho intramolecular Hbond substituents is 1. The molecule has 19 heavy (non-hydrogen) atoms. The third-order valence-electron chi connectivity index (χ3n) is 3.80. The summed E-state index contributed by atoms with van der Waals surface area (Å²) >= 11 is 0. The van der Waals surface area contributed by atoms with Crippen molar-refractivity contribution < 1.29 is 9.50 Å². The molecule has 0 bridgehead atoms. The van der Waals surface area contributed by atoms with Gasteiger partial charge in [-0.2, -0.15) is 0 Å². The molecule has 1 heterocycles. The van der Waals surface area contributed by atoms with Crippen molar-refractivity contribution in [2.24, 2.45) is 11.7 Å². The first-order valence-corrected chi connectivity index (χ1v) is 6.52. The van der Waals surface area contributed by atoms with E-state index in [0.717, 1.165) is 24.6 Å². The first kappa shape index (κ1) is 16.2. The van der Waals surface area contributed by atoms with Crippen LogP contribution < -0.4 is 5.73 Å². The highest BCUT2D eigenvalue weighted by molar-refractivity contribution is 5.85. The minimum atomic E-state index is -0.389. The molecule has 1 aromatic carbocycles. The maximum atomic E-state index is 13.2. The summed E-state index contributed by atoms with van der Waals surface area (Å²) in [6.45, 7) is 4.48. The maximum absolute atomic E-state index is 13.2. The van der Waals surface area contributed by atoms with Crippen molar-refractivity contribution in [3.8, 4) is 5.75 Å². The van der Waals surface area contributed by atoms with Crippen LogP contribution in [0.5, 0.6) is 5.75 Å². The fraction of sp³-hybridized carbons (Fsp3) is 0.571.